The second-order valence-corrected chi connectivity index (χ2v) is 3.60. The standard InChI is InChI=1S/C8H13N3O2/c1-4-2-5(4)8-10-7(11-13-8)6(9)3-12/h4-6,12H,2-3,9H2,1H3. The van der Waals surface area contributed by atoms with Crippen LogP contribution in [-0.2, 0) is 0 Å². The van der Waals surface area contributed by atoms with Crippen LogP contribution in [0, 0.1) is 5.92 Å². The second kappa shape index (κ2) is 3.08. The highest BCUT2D eigenvalue weighted by molar-refractivity contribution is 5.07. The van der Waals surface area contributed by atoms with Crippen LogP contribution in [-0.4, -0.2) is 21.9 Å². The van der Waals surface area contributed by atoms with Crippen molar-refractivity contribution in [1.82, 2.24) is 10.1 Å². The number of nitrogens with two attached hydrogens (primary N) is 1. The van der Waals surface area contributed by atoms with Crippen LogP contribution in [0.1, 0.15) is 37.0 Å². The van der Waals surface area contributed by atoms with E-state index in [-0.39, 0.29) is 6.61 Å². The van der Waals surface area contributed by atoms with Crippen LogP contribution in [0.4, 0.5) is 0 Å². The molecule has 5 nitrogen and oxygen atoms in total. The Kier molecular flexibility index (Phi) is 2.05. The molecule has 1 saturated carbocycles. The van der Waals surface area contributed by atoms with Crippen molar-refractivity contribution < 1.29 is 9.63 Å². The summed E-state index contributed by atoms with van der Waals surface area (Å²) >= 11 is 0. The Bertz CT molecular complexity index is 281. The molecule has 1 aromatic rings. The minimum Gasteiger partial charge on any atom is -0.394 e. The SMILES string of the molecule is CC1CC1c1nc(C(N)CO)no1. The first-order valence-corrected chi connectivity index (χ1v) is 4.42. The van der Waals surface area contributed by atoms with Crippen molar-refractivity contribution >= 4 is 0 Å². The molecule has 0 bridgehead atoms. The minimum atomic E-state index is -0.522. The fourth-order valence-corrected chi connectivity index (χ4v) is 1.30. The van der Waals surface area contributed by atoms with E-state index >= 15 is 0 Å². The molecule has 13 heavy (non-hydrogen) atoms. The third kappa shape index (κ3) is 1.57. The Morgan fingerprint density at radius 3 is 3.00 bits per heavy atom. The molecule has 5 heteroatoms. The van der Waals surface area contributed by atoms with Gasteiger partial charge >= 0.3 is 0 Å². The summed E-state index contributed by atoms with van der Waals surface area (Å²) in [5.41, 5.74) is 5.53. The summed E-state index contributed by atoms with van der Waals surface area (Å²) in [5, 5.41) is 12.5. The van der Waals surface area contributed by atoms with Gasteiger partial charge in [-0.25, -0.2) is 0 Å². The summed E-state index contributed by atoms with van der Waals surface area (Å²) in [7, 11) is 0. The third-order valence-corrected chi connectivity index (χ3v) is 2.41. The van der Waals surface area contributed by atoms with Gasteiger partial charge in [0, 0.05) is 5.92 Å². The Morgan fingerprint density at radius 2 is 2.46 bits per heavy atom. The van der Waals surface area contributed by atoms with E-state index in [1.54, 1.807) is 0 Å². The molecular formula is C8H13N3O2. The quantitative estimate of drug-likeness (QED) is 0.698. The summed E-state index contributed by atoms with van der Waals surface area (Å²) in [6, 6.07) is -0.522. The molecule has 0 spiro atoms. The maximum atomic E-state index is 8.76. The lowest BCUT2D eigenvalue weighted by atomic mass is 10.3. The number of rotatable bonds is 3. The molecule has 72 valence electrons. The molecule has 3 N–H and O–H groups in total. The number of aromatic nitrogens is 2. The zero-order chi connectivity index (χ0) is 9.42. The van der Waals surface area contributed by atoms with Crippen molar-refractivity contribution in [2.45, 2.75) is 25.3 Å². The van der Waals surface area contributed by atoms with Gasteiger partial charge in [0.1, 0.15) is 0 Å². The van der Waals surface area contributed by atoms with Crippen LogP contribution >= 0.6 is 0 Å². The van der Waals surface area contributed by atoms with Crippen molar-refractivity contribution in [2.75, 3.05) is 6.61 Å². The van der Waals surface area contributed by atoms with Gasteiger partial charge in [0.05, 0.1) is 12.6 Å². The van der Waals surface area contributed by atoms with Crippen LogP contribution in [0.15, 0.2) is 4.52 Å². The van der Waals surface area contributed by atoms with Crippen molar-refractivity contribution in [3.05, 3.63) is 11.7 Å². The molecule has 2 rings (SSSR count). The fourth-order valence-electron chi connectivity index (χ4n) is 1.30. The number of aliphatic hydroxyl groups is 1. The van der Waals surface area contributed by atoms with E-state index in [9.17, 15) is 0 Å². The number of nitrogens with zero attached hydrogens (tertiary/aromatic N) is 2. The summed E-state index contributed by atoms with van der Waals surface area (Å²) < 4.78 is 5.03. The largest absolute Gasteiger partial charge is 0.394 e. The Hall–Kier alpha value is -0.940. The van der Waals surface area contributed by atoms with E-state index in [1.165, 1.54) is 0 Å². The lowest BCUT2D eigenvalue weighted by Gasteiger charge is -1.98. The van der Waals surface area contributed by atoms with Crippen LogP contribution in [0.3, 0.4) is 0 Å². The van der Waals surface area contributed by atoms with Gasteiger partial charge in [-0.3, -0.25) is 0 Å². The van der Waals surface area contributed by atoms with Gasteiger partial charge in [-0.2, -0.15) is 4.98 Å². The molecule has 1 aliphatic carbocycles. The number of aliphatic hydroxyl groups excluding tert-OH is 1. The Morgan fingerprint density at radius 1 is 1.77 bits per heavy atom. The Labute approximate surface area is 75.9 Å². The molecule has 0 aliphatic heterocycles. The topological polar surface area (TPSA) is 85.2 Å². The highest BCUT2D eigenvalue weighted by Gasteiger charge is 2.39. The lowest BCUT2D eigenvalue weighted by Crippen LogP contribution is -2.15. The van der Waals surface area contributed by atoms with E-state index in [1.807, 2.05) is 0 Å². The molecule has 1 heterocycles. The molecule has 3 unspecified atom stereocenters. The molecule has 0 amide bonds. The monoisotopic (exact) mass is 183 g/mol. The summed E-state index contributed by atoms with van der Waals surface area (Å²) in [4.78, 5) is 4.13. The zero-order valence-corrected chi connectivity index (χ0v) is 7.47. The van der Waals surface area contributed by atoms with Gasteiger partial charge < -0.3 is 15.4 Å². The number of hydrogen-bond donors (Lipinski definition) is 2. The zero-order valence-electron chi connectivity index (χ0n) is 7.47. The summed E-state index contributed by atoms with van der Waals surface area (Å²) in [6.45, 7) is 1.99. The smallest absolute Gasteiger partial charge is 0.230 e. The van der Waals surface area contributed by atoms with Crippen LogP contribution < -0.4 is 5.73 Å². The van der Waals surface area contributed by atoms with E-state index in [0.717, 1.165) is 6.42 Å². The van der Waals surface area contributed by atoms with Gasteiger partial charge in [-0.1, -0.05) is 12.1 Å². The number of hydrogen-bond acceptors (Lipinski definition) is 5. The molecule has 1 fully saturated rings. The average molecular weight is 183 g/mol. The highest BCUT2D eigenvalue weighted by atomic mass is 16.5. The minimum absolute atomic E-state index is 0.154. The van der Waals surface area contributed by atoms with E-state index in [2.05, 4.69) is 17.1 Å². The first kappa shape index (κ1) is 8.65. The predicted molar refractivity (Wildman–Crippen MR) is 44.8 cm³/mol. The molecule has 3 atom stereocenters. The first-order valence-electron chi connectivity index (χ1n) is 4.42. The lowest BCUT2D eigenvalue weighted by molar-refractivity contribution is 0.259. The van der Waals surface area contributed by atoms with Crippen molar-refractivity contribution in [1.29, 1.82) is 0 Å². The first-order chi connectivity index (χ1) is 6.22. The maximum absolute atomic E-state index is 8.76. The van der Waals surface area contributed by atoms with Crippen LogP contribution in [0.2, 0.25) is 0 Å². The van der Waals surface area contributed by atoms with E-state index < -0.39 is 6.04 Å². The van der Waals surface area contributed by atoms with Crippen LogP contribution in [0.5, 0.6) is 0 Å². The van der Waals surface area contributed by atoms with E-state index in [0.29, 0.717) is 23.6 Å². The maximum Gasteiger partial charge on any atom is 0.230 e. The van der Waals surface area contributed by atoms with Crippen molar-refractivity contribution in [2.24, 2.45) is 11.7 Å². The van der Waals surface area contributed by atoms with Gasteiger partial charge in [0.15, 0.2) is 5.82 Å². The van der Waals surface area contributed by atoms with Gasteiger partial charge in [-0.15, -0.1) is 0 Å². The highest BCUT2D eigenvalue weighted by Crippen LogP contribution is 2.46. The molecule has 1 aromatic heterocycles. The second-order valence-electron chi connectivity index (χ2n) is 3.60. The molecular weight excluding hydrogens is 170 g/mol. The normalized spacial score (nSPS) is 28.8. The predicted octanol–water partition coefficient (Wildman–Crippen LogP) is 0.185. The fraction of sp³-hybridized carbons (Fsp3) is 0.750. The molecule has 0 saturated heterocycles. The Balaban J connectivity index is 2.09. The van der Waals surface area contributed by atoms with Gasteiger partial charge in [-0.05, 0) is 12.3 Å². The molecule has 0 aromatic carbocycles. The van der Waals surface area contributed by atoms with Gasteiger partial charge in [0.25, 0.3) is 0 Å². The summed E-state index contributed by atoms with van der Waals surface area (Å²) in [5.74, 6) is 2.11. The third-order valence-electron chi connectivity index (χ3n) is 2.41. The van der Waals surface area contributed by atoms with Gasteiger partial charge in [0.2, 0.25) is 5.89 Å². The molecule has 0 radical (unpaired) electrons. The summed E-state index contributed by atoms with van der Waals surface area (Å²) in [6.07, 6.45) is 1.11. The van der Waals surface area contributed by atoms with Crippen molar-refractivity contribution in [3.63, 3.8) is 0 Å². The van der Waals surface area contributed by atoms with Crippen molar-refractivity contribution in [3.8, 4) is 0 Å². The van der Waals surface area contributed by atoms with Crippen LogP contribution in [0.25, 0.3) is 0 Å². The molecule has 1 aliphatic rings. The van der Waals surface area contributed by atoms with E-state index in [4.69, 9.17) is 15.4 Å². The average Bonchev–Trinajstić information content (AvgIpc) is 2.70.